The summed E-state index contributed by atoms with van der Waals surface area (Å²) in [7, 11) is -3.87. The molecule has 0 heterocycles. The number of nitriles is 1. The zero-order chi connectivity index (χ0) is 14.5. The molecular weight excluding hydrogens is 268 g/mol. The number of hydrogen-bond donors (Lipinski definition) is 1. The highest BCUT2D eigenvalue weighted by molar-refractivity contribution is 7.89. The van der Waals surface area contributed by atoms with Crippen molar-refractivity contribution in [1.29, 1.82) is 5.26 Å². The second kappa shape index (κ2) is 6.31. The number of nitrogens with zero attached hydrogens (tertiary/aromatic N) is 2. The summed E-state index contributed by atoms with van der Waals surface area (Å²) in [5.41, 5.74) is 0.937. The molecule has 19 heavy (non-hydrogen) atoms. The Kier molecular flexibility index (Phi) is 5.03. The van der Waals surface area contributed by atoms with Crippen molar-refractivity contribution in [3.63, 3.8) is 0 Å². The van der Waals surface area contributed by atoms with Gasteiger partial charge in [0.05, 0.1) is 11.6 Å². The van der Waals surface area contributed by atoms with Crippen LogP contribution in [-0.2, 0) is 21.4 Å². The second-order valence-electron chi connectivity index (χ2n) is 3.85. The van der Waals surface area contributed by atoms with E-state index in [2.05, 4.69) is 0 Å². The molecule has 102 valence electrons. The molecule has 0 saturated heterocycles. The normalized spacial score (nSPS) is 11.2. The Hall–Kier alpha value is -1.91. The fraction of sp³-hybridized carbons (Fsp3) is 0.333. The Balaban J connectivity index is 3.01. The number of sulfonamides is 1. The molecule has 1 N–H and O–H groups in total. The highest BCUT2D eigenvalue weighted by Gasteiger charge is 2.24. The third kappa shape index (κ3) is 4.05. The lowest BCUT2D eigenvalue weighted by atomic mass is 10.1. The quantitative estimate of drug-likeness (QED) is 0.831. The predicted octanol–water partition coefficient (Wildman–Crippen LogP) is 0.795. The Labute approximate surface area is 111 Å². The molecule has 0 radical (unpaired) electrons. The number of hydrogen-bond acceptors (Lipinski definition) is 4. The molecule has 0 fully saturated rings. The Morgan fingerprint density at radius 1 is 1.42 bits per heavy atom. The Morgan fingerprint density at radius 3 is 2.58 bits per heavy atom. The van der Waals surface area contributed by atoms with Crippen LogP contribution in [0.3, 0.4) is 0 Å². The first-order chi connectivity index (χ1) is 8.90. The van der Waals surface area contributed by atoms with E-state index in [1.807, 2.05) is 6.07 Å². The molecule has 0 saturated carbocycles. The molecule has 0 unspecified atom stereocenters. The minimum atomic E-state index is -3.87. The van der Waals surface area contributed by atoms with E-state index in [1.54, 1.807) is 31.2 Å². The number of carboxylic acids is 1. The van der Waals surface area contributed by atoms with Crippen molar-refractivity contribution in [1.82, 2.24) is 4.31 Å². The van der Waals surface area contributed by atoms with Crippen LogP contribution in [0.15, 0.2) is 24.3 Å². The summed E-state index contributed by atoms with van der Waals surface area (Å²) < 4.78 is 24.7. The third-order valence-corrected chi connectivity index (χ3v) is 4.32. The van der Waals surface area contributed by atoms with Crippen LogP contribution in [-0.4, -0.2) is 36.1 Å². The maximum atomic E-state index is 11.8. The molecule has 7 heteroatoms. The van der Waals surface area contributed by atoms with Crippen LogP contribution in [0.25, 0.3) is 0 Å². The predicted molar refractivity (Wildman–Crippen MR) is 68.7 cm³/mol. The van der Waals surface area contributed by atoms with Gasteiger partial charge in [0.1, 0.15) is 0 Å². The zero-order valence-corrected chi connectivity index (χ0v) is 11.2. The van der Waals surface area contributed by atoms with Crippen molar-refractivity contribution in [2.45, 2.75) is 13.5 Å². The maximum Gasteiger partial charge on any atom is 0.320 e. The van der Waals surface area contributed by atoms with Crippen LogP contribution in [0.1, 0.15) is 18.1 Å². The van der Waals surface area contributed by atoms with Crippen molar-refractivity contribution in [3.8, 4) is 6.07 Å². The van der Waals surface area contributed by atoms with Gasteiger partial charge in [0.2, 0.25) is 10.0 Å². The van der Waals surface area contributed by atoms with E-state index < -0.39 is 21.7 Å². The summed E-state index contributed by atoms with van der Waals surface area (Å²) in [6, 6.07) is 8.61. The molecule has 1 aromatic carbocycles. The van der Waals surface area contributed by atoms with Gasteiger partial charge in [-0.1, -0.05) is 25.1 Å². The molecule has 0 aliphatic rings. The lowest BCUT2D eigenvalue weighted by molar-refractivity contribution is -0.134. The minimum Gasteiger partial charge on any atom is -0.480 e. The molecule has 0 bridgehead atoms. The van der Waals surface area contributed by atoms with Gasteiger partial charge in [-0.2, -0.15) is 9.57 Å². The van der Waals surface area contributed by atoms with Gasteiger partial charge < -0.3 is 5.11 Å². The summed E-state index contributed by atoms with van der Waals surface area (Å²) in [6.45, 7) is 1.76. The van der Waals surface area contributed by atoms with E-state index in [9.17, 15) is 13.2 Å². The number of carbonyl (C=O) groups is 1. The molecule has 0 amide bonds. The van der Waals surface area contributed by atoms with Gasteiger partial charge in [-0.25, -0.2) is 8.42 Å². The van der Waals surface area contributed by atoms with Crippen molar-refractivity contribution in [3.05, 3.63) is 35.4 Å². The Bertz CT molecular complexity index is 604. The number of aliphatic carboxylic acids is 1. The fourth-order valence-electron chi connectivity index (χ4n) is 1.61. The van der Waals surface area contributed by atoms with Crippen molar-refractivity contribution >= 4 is 16.0 Å². The summed E-state index contributed by atoms with van der Waals surface area (Å²) >= 11 is 0. The molecule has 6 nitrogen and oxygen atoms in total. The standard InChI is InChI=1S/C12H14N2O4S/c1-2-14(19(17,18)9-12(15)16)8-11-6-4-3-5-10(11)7-13/h3-6H,2,8-9H2,1H3,(H,15,16). The first-order valence-corrected chi connectivity index (χ1v) is 7.19. The lowest BCUT2D eigenvalue weighted by Gasteiger charge is -2.19. The SMILES string of the molecule is CCN(Cc1ccccc1C#N)S(=O)(=O)CC(=O)O. The van der Waals surface area contributed by atoms with Gasteiger partial charge in [0, 0.05) is 13.1 Å². The van der Waals surface area contributed by atoms with E-state index in [4.69, 9.17) is 10.4 Å². The molecule has 0 atom stereocenters. The summed E-state index contributed by atoms with van der Waals surface area (Å²) in [5.74, 6) is -2.35. The second-order valence-corrected chi connectivity index (χ2v) is 5.81. The van der Waals surface area contributed by atoms with Gasteiger partial charge in [0.15, 0.2) is 5.75 Å². The largest absolute Gasteiger partial charge is 0.480 e. The topological polar surface area (TPSA) is 98.5 Å². The van der Waals surface area contributed by atoms with Crippen LogP contribution in [0.2, 0.25) is 0 Å². The molecule has 0 aliphatic carbocycles. The molecule has 0 aromatic heterocycles. The van der Waals surface area contributed by atoms with Gasteiger partial charge in [0.25, 0.3) is 0 Å². The van der Waals surface area contributed by atoms with Crippen LogP contribution < -0.4 is 0 Å². The van der Waals surface area contributed by atoms with Gasteiger partial charge in [-0.15, -0.1) is 0 Å². The fourth-order valence-corrected chi connectivity index (χ4v) is 2.84. The highest BCUT2D eigenvalue weighted by atomic mass is 32.2. The summed E-state index contributed by atoms with van der Waals surface area (Å²) in [5, 5.41) is 17.5. The van der Waals surface area contributed by atoms with Crippen LogP contribution >= 0.6 is 0 Å². The van der Waals surface area contributed by atoms with E-state index in [-0.39, 0.29) is 13.1 Å². The van der Waals surface area contributed by atoms with Crippen LogP contribution in [0.4, 0.5) is 0 Å². The smallest absolute Gasteiger partial charge is 0.320 e. The maximum absolute atomic E-state index is 11.8. The lowest BCUT2D eigenvalue weighted by Crippen LogP contribution is -2.35. The van der Waals surface area contributed by atoms with E-state index in [0.29, 0.717) is 11.1 Å². The number of carboxylic acid groups (broad SMARTS) is 1. The molecule has 1 aromatic rings. The van der Waals surface area contributed by atoms with E-state index >= 15 is 0 Å². The monoisotopic (exact) mass is 282 g/mol. The zero-order valence-electron chi connectivity index (χ0n) is 10.4. The van der Waals surface area contributed by atoms with Crippen LogP contribution in [0, 0.1) is 11.3 Å². The average molecular weight is 282 g/mol. The van der Waals surface area contributed by atoms with E-state index in [0.717, 1.165) is 4.31 Å². The minimum absolute atomic E-state index is 0.00412. The molecule has 1 rings (SSSR count). The third-order valence-electron chi connectivity index (χ3n) is 2.54. The van der Waals surface area contributed by atoms with Gasteiger partial charge in [-0.3, -0.25) is 4.79 Å². The Morgan fingerprint density at radius 2 is 2.05 bits per heavy atom. The first kappa shape index (κ1) is 15.1. The van der Waals surface area contributed by atoms with Crippen molar-refractivity contribution in [2.75, 3.05) is 12.3 Å². The summed E-state index contributed by atoms with van der Waals surface area (Å²) in [6.07, 6.45) is 0. The first-order valence-electron chi connectivity index (χ1n) is 5.58. The highest BCUT2D eigenvalue weighted by Crippen LogP contribution is 2.13. The van der Waals surface area contributed by atoms with Crippen molar-refractivity contribution < 1.29 is 18.3 Å². The van der Waals surface area contributed by atoms with Crippen molar-refractivity contribution in [2.24, 2.45) is 0 Å². The molecule has 0 spiro atoms. The van der Waals surface area contributed by atoms with Crippen LogP contribution in [0.5, 0.6) is 0 Å². The average Bonchev–Trinajstić information content (AvgIpc) is 2.34. The molecule has 0 aliphatic heterocycles. The summed E-state index contributed by atoms with van der Waals surface area (Å²) in [4.78, 5) is 10.6. The van der Waals surface area contributed by atoms with Gasteiger partial charge in [-0.05, 0) is 11.6 Å². The number of benzene rings is 1. The van der Waals surface area contributed by atoms with Gasteiger partial charge >= 0.3 is 5.97 Å². The molecular formula is C12H14N2O4S. The van der Waals surface area contributed by atoms with E-state index in [1.165, 1.54) is 0 Å². The number of rotatable bonds is 6.